The summed E-state index contributed by atoms with van der Waals surface area (Å²) >= 11 is 12.1. The molecular weight excluding hydrogens is 369 g/mol. The number of anilines is 1. The van der Waals surface area contributed by atoms with Gasteiger partial charge in [-0.2, -0.15) is 0 Å². The van der Waals surface area contributed by atoms with E-state index in [2.05, 4.69) is 22.0 Å². The Hall–Kier alpha value is -1.91. The van der Waals surface area contributed by atoms with Crippen molar-refractivity contribution in [2.24, 2.45) is 0 Å². The van der Waals surface area contributed by atoms with E-state index in [1.54, 1.807) is 12.1 Å². The van der Waals surface area contributed by atoms with Crippen molar-refractivity contribution < 1.29 is 4.74 Å². The van der Waals surface area contributed by atoms with Crippen molar-refractivity contribution in [2.75, 3.05) is 4.90 Å². The number of aromatic nitrogens is 2. The number of ether oxygens (including phenoxy) is 1. The lowest BCUT2D eigenvalue weighted by Crippen LogP contribution is -2.47. The first-order chi connectivity index (χ1) is 12.7. The second-order valence-electron chi connectivity index (χ2n) is 7.16. The van der Waals surface area contributed by atoms with Gasteiger partial charge in [-0.15, -0.1) is 0 Å². The predicted octanol–water partition coefficient (Wildman–Crippen LogP) is 5.45. The van der Waals surface area contributed by atoms with E-state index in [0.29, 0.717) is 22.1 Å². The Morgan fingerprint density at radius 3 is 2.50 bits per heavy atom. The van der Waals surface area contributed by atoms with Crippen LogP contribution in [0, 0.1) is 0 Å². The molecule has 3 aromatic rings. The molecule has 2 saturated heterocycles. The molecule has 2 aliphatic heterocycles. The Morgan fingerprint density at radius 2 is 1.77 bits per heavy atom. The third-order valence-electron chi connectivity index (χ3n) is 5.51. The second-order valence-corrected chi connectivity index (χ2v) is 7.97. The topological polar surface area (TPSA) is 41.1 Å². The van der Waals surface area contributed by atoms with Crippen molar-refractivity contribution in [1.29, 1.82) is 0 Å². The minimum atomic E-state index is 0.199. The molecular formula is C20H19Cl2N3O. The highest BCUT2D eigenvalue weighted by atomic mass is 35.5. The van der Waals surface area contributed by atoms with Crippen LogP contribution in [-0.4, -0.2) is 28.2 Å². The molecule has 1 aromatic heterocycles. The number of H-pyrrole nitrogens is 1. The second kappa shape index (κ2) is 6.36. The van der Waals surface area contributed by atoms with Crippen LogP contribution in [0.3, 0.4) is 0 Å². The van der Waals surface area contributed by atoms with Gasteiger partial charge in [-0.25, -0.2) is 4.98 Å². The van der Waals surface area contributed by atoms with Crippen LogP contribution < -0.4 is 9.64 Å². The smallest absolute Gasteiger partial charge is 0.204 e. The molecule has 2 atom stereocenters. The number of halogens is 2. The Balaban J connectivity index is 1.35. The monoisotopic (exact) mass is 387 g/mol. The standard InChI is InChI=1S/C20H19Cl2N3O/c21-16-8-7-14(11-17(16)22)26-15-9-12-5-6-13(10-15)25(12)20-23-18-3-1-2-4-19(18)24-20/h1-4,7-8,11-13,15H,5-6,9-10H2,(H,23,24). The van der Waals surface area contributed by atoms with Crippen molar-refractivity contribution in [3.63, 3.8) is 0 Å². The first kappa shape index (κ1) is 16.3. The molecule has 2 bridgehead atoms. The normalized spacial score (nSPS) is 25.0. The van der Waals surface area contributed by atoms with Gasteiger partial charge in [0.15, 0.2) is 0 Å². The van der Waals surface area contributed by atoms with Crippen LogP contribution in [0.4, 0.5) is 5.95 Å². The number of imidazole rings is 1. The van der Waals surface area contributed by atoms with E-state index >= 15 is 0 Å². The number of fused-ring (bicyclic) bond motifs is 3. The van der Waals surface area contributed by atoms with Gasteiger partial charge in [0.25, 0.3) is 0 Å². The van der Waals surface area contributed by atoms with E-state index in [4.69, 9.17) is 32.9 Å². The lowest BCUT2D eigenvalue weighted by atomic mass is 10.00. The van der Waals surface area contributed by atoms with Crippen LogP contribution in [0.25, 0.3) is 11.0 Å². The third-order valence-corrected chi connectivity index (χ3v) is 6.24. The zero-order chi connectivity index (χ0) is 17.7. The van der Waals surface area contributed by atoms with Gasteiger partial charge in [-0.1, -0.05) is 35.3 Å². The first-order valence-corrected chi connectivity index (χ1v) is 9.78. The molecule has 5 rings (SSSR count). The fourth-order valence-corrected chi connectivity index (χ4v) is 4.66. The Morgan fingerprint density at radius 1 is 1.00 bits per heavy atom. The number of benzene rings is 2. The van der Waals surface area contributed by atoms with E-state index in [9.17, 15) is 0 Å². The summed E-state index contributed by atoms with van der Waals surface area (Å²) in [5.74, 6) is 1.78. The van der Waals surface area contributed by atoms with Gasteiger partial charge in [0, 0.05) is 31.0 Å². The summed E-state index contributed by atoms with van der Waals surface area (Å²) in [5.41, 5.74) is 2.12. The Kier molecular flexibility index (Phi) is 3.98. The lowest BCUT2D eigenvalue weighted by Gasteiger charge is -2.38. The van der Waals surface area contributed by atoms with Gasteiger partial charge < -0.3 is 14.6 Å². The molecule has 134 valence electrons. The quantitative estimate of drug-likeness (QED) is 0.649. The number of piperidine rings is 1. The summed E-state index contributed by atoms with van der Waals surface area (Å²) < 4.78 is 6.21. The molecule has 0 aliphatic carbocycles. The molecule has 4 nitrogen and oxygen atoms in total. The van der Waals surface area contributed by atoms with Crippen LogP contribution in [0.2, 0.25) is 10.0 Å². The van der Waals surface area contributed by atoms with Gasteiger partial charge in [-0.3, -0.25) is 0 Å². The maximum Gasteiger partial charge on any atom is 0.204 e. The molecule has 2 unspecified atom stereocenters. The van der Waals surface area contributed by atoms with Crippen LogP contribution in [0.1, 0.15) is 25.7 Å². The molecule has 2 aromatic carbocycles. The highest BCUT2D eigenvalue weighted by Crippen LogP contribution is 2.40. The van der Waals surface area contributed by atoms with Crippen LogP contribution in [-0.2, 0) is 0 Å². The summed E-state index contributed by atoms with van der Waals surface area (Å²) in [6.45, 7) is 0. The van der Waals surface area contributed by atoms with E-state index < -0.39 is 0 Å². The van der Waals surface area contributed by atoms with Gasteiger partial charge >= 0.3 is 0 Å². The van der Waals surface area contributed by atoms with Crippen molar-refractivity contribution in [2.45, 2.75) is 43.9 Å². The van der Waals surface area contributed by atoms with Crippen molar-refractivity contribution in [1.82, 2.24) is 9.97 Å². The highest BCUT2D eigenvalue weighted by Gasteiger charge is 2.43. The number of rotatable bonds is 3. The summed E-state index contributed by atoms with van der Waals surface area (Å²) in [7, 11) is 0. The summed E-state index contributed by atoms with van der Waals surface area (Å²) in [6, 6.07) is 14.6. The summed E-state index contributed by atoms with van der Waals surface area (Å²) in [6.07, 6.45) is 4.55. The van der Waals surface area contributed by atoms with Gasteiger partial charge in [0.05, 0.1) is 21.1 Å². The molecule has 2 fully saturated rings. The predicted molar refractivity (Wildman–Crippen MR) is 105 cm³/mol. The van der Waals surface area contributed by atoms with Crippen LogP contribution in [0.5, 0.6) is 5.75 Å². The van der Waals surface area contributed by atoms with Crippen molar-refractivity contribution in [3.05, 3.63) is 52.5 Å². The summed E-state index contributed by atoms with van der Waals surface area (Å²) in [4.78, 5) is 10.8. The molecule has 0 spiro atoms. The van der Waals surface area contributed by atoms with Gasteiger partial charge in [-0.05, 0) is 37.1 Å². The van der Waals surface area contributed by atoms with Gasteiger partial charge in [0.2, 0.25) is 5.95 Å². The number of para-hydroxylation sites is 2. The number of aromatic amines is 1. The summed E-state index contributed by atoms with van der Waals surface area (Å²) in [5, 5.41) is 1.09. The average Bonchev–Trinajstić information content (AvgIpc) is 3.16. The van der Waals surface area contributed by atoms with Crippen LogP contribution in [0.15, 0.2) is 42.5 Å². The number of nitrogens with one attached hydrogen (secondary N) is 1. The van der Waals surface area contributed by atoms with Crippen molar-refractivity contribution >= 4 is 40.2 Å². The van der Waals surface area contributed by atoms with E-state index in [0.717, 1.165) is 35.6 Å². The van der Waals surface area contributed by atoms with Gasteiger partial charge in [0.1, 0.15) is 11.9 Å². The number of nitrogens with zero attached hydrogens (tertiary/aromatic N) is 2. The minimum absolute atomic E-state index is 0.199. The highest BCUT2D eigenvalue weighted by molar-refractivity contribution is 6.42. The van der Waals surface area contributed by atoms with Crippen molar-refractivity contribution in [3.8, 4) is 5.75 Å². The minimum Gasteiger partial charge on any atom is -0.490 e. The van der Waals surface area contributed by atoms with Crippen LogP contribution >= 0.6 is 23.2 Å². The fourth-order valence-electron chi connectivity index (χ4n) is 4.37. The lowest BCUT2D eigenvalue weighted by molar-refractivity contribution is 0.150. The Bertz CT molecular complexity index is 910. The SMILES string of the molecule is Clc1ccc(OC2CC3CCC(C2)N3c2nc3ccccc3[nH]2)cc1Cl. The molecule has 2 aliphatic rings. The average molecular weight is 388 g/mol. The molecule has 3 heterocycles. The molecule has 0 saturated carbocycles. The van der Waals surface area contributed by atoms with E-state index in [-0.39, 0.29) is 6.10 Å². The molecule has 1 N–H and O–H groups in total. The first-order valence-electron chi connectivity index (χ1n) is 9.02. The number of hydrogen-bond donors (Lipinski definition) is 1. The maximum atomic E-state index is 6.21. The molecule has 0 amide bonds. The zero-order valence-corrected chi connectivity index (χ0v) is 15.7. The number of hydrogen-bond acceptors (Lipinski definition) is 3. The largest absolute Gasteiger partial charge is 0.490 e. The molecule has 6 heteroatoms. The fraction of sp³-hybridized carbons (Fsp3) is 0.350. The zero-order valence-electron chi connectivity index (χ0n) is 14.2. The van der Waals surface area contributed by atoms with E-state index in [1.807, 2.05) is 18.2 Å². The molecule has 26 heavy (non-hydrogen) atoms. The third kappa shape index (κ3) is 2.81. The maximum absolute atomic E-state index is 6.21. The molecule has 0 radical (unpaired) electrons. The Labute approximate surface area is 162 Å². The van der Waals surface area contributed by atoms with E-state index in [1.165, 1.54) is 12.8 Å².